The standard InChI is InChI=1S/C16H26N4OS/c1-16(2,3)13-10-22-14(19-13)7-18-15(21)20-8-11-4-5-12(9-20)17-6-11/h10-12,17H,4-9H2,1-3H3,(H,18,21)/t11-,12-/m0/s1. The lowest BCUT2D eigenvalue weighted by Crippen LogP contribution is -2.44. The highest BCUT2D eigenvalue weighted by Gasteiger charge is 2.31. The minimum absolute atomic E-state index is 0.0492. The number of hydrogen-bond acceptors (Lipinski definition) is 4. The molecule has 0 aliphatic carbocycles. The zero-order chi connectivity index (χ0) is 15.7. The Hall–Kier alpha value is -1.14. The second-order valence-electron chi connectivity index (χ2n) is 7.49. The Morgan fingerprint density at radius 1 is 1.45 bits per heavy atom. The third kappa shape index (κ3) is 3.60. The van der Waals surface area contributed by atoms with Crippen LogP contribution >= 0.6 is 11.3 Å². The molecule has 0 aromatic carbocycles. The zero-order valence-electron chi connectivity index (χ0n) is 13.7. The van der Waals surface area contributed by atoms with Crippen LogP contribution in [0.15, 0.2) is 5.38 Å². The Morgan fingerprint density at radius 3 is 2.91 bits per heavy atom. The van der Waals surface area contributed by atoms with Gasteiger partial charge in [0.15, 0.2) is 0 Å². The highest BCUT2D eigenvalue weighted by Crippen LogP contribution is 2.24. The van der Waals surface area contributed by atoms with Crippen LogP contribution < -0.4 is 10.6 Å². The largest absolute Gasteiger partial charge is 0.331 e. The number of urea groups is 1. The third-order valence-corrected chi connectivity index (χ3v) is 5.38. The van der Waals surface area contributed by atoms with Crippen molar-refractivity contribution in [3.05, 3.63) is 16.1 Å². The van der Waals surface area contributed by atoms with E-state index in [4.69, 9.17) is 0 Å². The Kier molecular flexibility index (Phi) is 4.41. The molecule has 0 unspecified atom stereocenters. The van der Waals surface area contributed by atoms with Crippen LogP contribution in [-0.2, 0) is 12.0 Å². The molecule has 4 heterocycles. The number of nitrogens with zero attached hydrogens (tertiary/aromatic N) is 2. The van der Waals surface area contributed by atoms with E-state index in [0.717, 1.165) is 30.3 Å². The molecule has 3 saturated heterocycles. The SMILES string of the molecule is CC(C)(C)c1csc(CNC(=O)N2C[C@H]3CC[C@@H](C2)NC3)n1. The van der Waals surface area contributed by atoms with E-state index < -0.39 is 0 Å². The number of nitrogens with one attached hydrogen (secondary N) is 2. The average Bonchev–Trinajstić information content (AvgIpc) is 2.75. The molecule has 6 heteroatoms. The molecule has 1 aromatic rings. The number of rotatable bonds is 2. The van der Waals surface area contributed by atoms with Gasteiger partial charge in [0, 0.05) is 29.9 Å². The van der Waals surface area contributed by atoms with E-state index in [1.807, 2.05) is 4.90 Å². The van der Waals surface area contributed by atoms with E-state index in [0.29, 0.717) is 18.5 Å². The van der Waals surface area contributed by atoms with Gasteiger partial charge in [0.2, 0.25) is 0 Å². The minimum Gasteiger partial charge on any atom is -0.331 e. The topological polar surface area (TPSA) is 57.3 Å². The predicted molar refractivity (Wildman–Crippen MR) is 89.1 cm³/mol. The van der Waals surface area contributed by atoms with E-state index in [2.05, 4.69) is 41.8 Å². The lowest BCUT2D eigenvalue weighted by atomic mass is 9.93. The summed E-state index contributed by atoms with van der Waals surface area (Å²) < 4.78 is 0. The first-order valence-electron chi connectivity index (χ1n) is 8.13. The summed E-state index contributed by atoms with van der Waals surface area (Å²) in [6.07, 6.45) is 2.43. The van der Waals surface area contributed by atoms with Crippen LogP contribution in [0.1, 0.15) is 44.3 Å². The first-order chi connectivity index (χ1) is 10.4. The van der Waals surface area contributed by atoms with Crippen molar-refractivity contribution in [3.8, 4) is 0 Å². The summed E-state index contributed by atoms with van der Waals surface area (Å²) in [5.74, 6) is 0.608. The zero-order valence-corrected chi connectivity index (χ0v) is 14.5. The van der Waals surface area contributed by atoms with E-state index in [9.17, 15) is 4.79 Å². The second kappa shape index (κ2) is 6.16. The number of aromatic nitrogens is 1. The number of hydrogen-bond donors (Lipinski definition) is 2. The van der Waals surface area contributed by atoms with Gasteiger partial charge in [-0.25, -0.2) is 9.78 Å². The molecule has 0 spiro atoms. The minimum atomic E-state index is 0.0492. The van der Waals surface area contributed by atoms with Crippen LogP contribution in [0.5, 0.6) is 0 Å². The van der Waals surface area contributed by atoms with E-state index in [1.165, 1.54) is 12.8 Å². The van der Waals surface area contributed by atoms with Gasteiger partial charge in [-0.15, -0.1) is 11.3 Å². The number of carbonyl (C=O) groups excluding carboxylic acids is 1. The van der Waals surface area contributed by atoms with Gasteiger partial charge in [-0.05, 0) is 25.3 Å². The molecule has 122 valence electrons. The van der Waals surface area contributed by atoms with Gasteiger partial charge in [-0.2, -0.15) is 0 Å². The normalized spacial score (nSPS) is 25.1. The smallest absolute Gasteiger partial charge is 0.317 e. The molecule has 3 aliphatic rings. The van der Waals surface area contributed by atoms with Gasteiger partial charge in [0.25, 0.3) is 0 Å². The maximum atomic E-state index is 12.4. The van der Waals surface area contributed by atoms with E-state index in [1.54, 1.807) is 11.3 Å². The van der Waals surface area contributed by atoms with Crippen molar-refractivity contribution in [1.29, 1.82) is 0 Å². The van der Waals surface area contributed by atoms with Crippen LogP contribution in [0, 0.1) is 5.92 Å². The summed E-state index contributed by atoms with van der Waals surface area (Å²) in [5, 5.41) is 9.64. The molecule has 2 amide bonds. The molecule has 2 bridgehead atoms. The molecule has 2 atom stereocenters. The van der Waals surface area contributed by atoms with Crippen LogP contribution in [0.3, 0.4) is 0 Å². The van der Waals surface area contributed by atoms with Crippen molar-refractivity contribution in [3.63, 3.8) is 0 Å². The molecule has 0 radical (unpaired) electrons. The quantitative estimate of drug-likeness (QED) is 0.879. The Bertz CT molecular complexity index is 514. The molecular formula is C16H26N4OS. The molecular weight excluding hydrogens is 296 g/mol. The Balaban J connectivity index is 1.55. The van der Waals surface area contributed by atoms with Crippen molar-refractivity contribution in [2.24, 2.45) is 5.92 Å². The fourth-order valence-corrected chi connectivity index (χ4v) is 4.06. The lowest BCUT2D eigenvalue weighted by molar-refractivity contribution is 0.195. The van der Waals surface area contributed by atoms with E-state index in [-0.39, 0.29) is 11.4 Å². The van der Waals surface area contributed by atoms with Crippen LogP contribution in [-0.4, -0.2) is 41.6 Å². The van der Waals surface area contributed by atoms with Gasteiger partial charge in [-0.1, -0.05) is 20.8 Å². The van der Waals surface area contributed by atoms with Crippen molar-refractivity contribution in [2.75, 3.05) is 19.6 Å². The lowest BCUT2D eigenvalue weighted by Gasteiger charge is -2.23. The molecule has 5 nitrogen and oxygen atoms in total. The summed E-state index contributed by atoms with van der Waals surface area (Å²) in [5.41, 5.74) is 1.16. The van der Waals surface area contributed by atoms with Crippen molar-refractivity contribution in [2.45, 2.75) is 51.6 Å². The van der Waals surface area contributed by atoms with Crippen molar-refractivity contribution >= 4 is 17.4 Å². The van der Waals surface area contributed by atoms with Crippen LogP contribution in [0.4, 0.5) is 4.79 Å². The number of piperidine rings is 1. The van der Waals surface area contributed by atoms with Gasteiger partial charge in [0.05, 0.1) is 12.2 Å². The fourth-order valence-electron chi connectivity index (χ4n) is 3.10. The highest BCUT2D eigenvalue weighted by atomic mass is 32.1. The number of thiazole rings is 1. The fraction of sp³-hybridized carbons (Fsp3) is 0.750. The average molecular weight is 322 g/mol. The monoisotopic (exact) mass is 322 g/mol. The van der Waals surface area contributed by atoms with Gasteiger partial charge in [-0.3, -0.25) is 0 Å². The Morgan fingerprint density at radius 2 is 2.27 bits per heavy atom. The van der Waals surface area contributed by atoms with Gasteiger partial charge in [0.1, 0.15) is 5.01 Å². The molecule has 2 N–H and O–H groups in total. The summed E-state index contributed by atoms with van der Waals surface area (Å²) in [4.78, 5) is 19.0. The van der Waals surface area contributed by atoms with Crippen LogP contribution in [0.25, 0.3) is 0 Å². The number of carbonyl (C=O) groups is 1. The molecule has 0 saturated carbocycles. The van der Waals surface area contributed by atoms with E-state index >= 15 is 0 Å². The first-order valence-corrected chi connectivity index (χ1v) is 9.01. The van der Waals surface area contributed by atoms with Crippen LogP contribution in [0.2, 0.25) is 0 Å². The molecule has 22 heavy (non-hydrogen) atoms. The van der Waals surface area contributed by atoms with Gasteiger partial charge >= 0.3 is 6.03 Å². The molecule has 1 aromatic heterocycles. The maximum Gasteiger partial charge on any atom is 0.317 e. The Labute approximate surface area is 136 Å². The second-order valence-corrected chi connectivity index (χ2v) is 8.43. The summed E-state index contributed by atoms with van der Waals surface area (Å²) >= 11 is 1.63. The first kappa shape index (κ1) is 15.7. The third-order valence-electron chi connectivity index (χ3n) is 4.54. The highest BCUT2D eigenvalue weighted by molar-refractivity contribution is 7.09. The molecule has 3 fully saturated rings. The number of amides is 2. The van der Waals surface area contributed by atoms with Crippen molar-refractivity contribution < 1.29 is 4.79 Å². The summed E-state index contributed by atoms with van der Waals surface area (Å²) in [7, 11) is 0. The van der Waals surface area contributed by atoms with Crippen molar-refractivity contribution in [1.82, 2.24) is 20.5 Å². The molecule has 3 aliphatic heterocycles. The predicted octanol–water partition coefficient (Wildman–Crippen LogP) is 2.33. The maximum absolute atomic E-state index is 12.4. The summed E-state index contributed by atoms with van der Waals surface area (Å²) in [6, 6.07) is 0.518. The summed E-state index contributed by atoms with van der Waals surface area (Å²) in [6.45, 7) is 9.75. The van der Waals surface area contributed by atoms with Gasteiger partial charge < -0.3 is 15.5 Å². The number of fused-ring (bicyclic) bond motifs is 4. The molecule has 4 rings (SSSR count).